The van der Waals surface area contributed by atoms with Crippen LogP contribution in [0.1, 0.15) is 380 Å². The van der Waals surface area contributed by atoms with Crippen molar-refractivity contribution in [1.82, 2.24) is 5.32 Å². The number of amides is 1. The highest BCUT2D eigenvalue weighted by Gasteiger charge is 2.18. The van der Waals surface area contributed by atoms with Gasteiger partial charge in [-0.25, -0.2) is 0 Å². The fourth-order valence-corrected chi connectivity index (χ4v) is 10.7. The van der Waals surface area contributed by atoms with Gasteiger partial charge in [-0.3, -0.25) is 9.59 Å². The van der Waals surface area contributed by atoms with Crippen LogP contribution in [0.15, 0.2) is 24.3 Å². The Balaban J connectivity index is 3.36. The molecule has 0 aliphatic carbocycles. The number of carbonyl (C=O) groups is 2. The molecule has 2 atom stereocenters. The van der Waals surface area contributed by atoms with E-state index < -0.39 is 12.1 Å². The normalized spacial score (nSPS) is 12.6. The standard InChI is InChI=1S/C69H133NO5/c1-3-5-7-9-11-13-15-17-19-33-37-41-45-49-53-57-61-67(72)66(65-71)70-68(73)62-58-54-50-46-42-38-34-31-29-27-25-23-21-22-24-26-28-30-32-36-40-44-48-52-56-60-64-75-69(74)63-59-55-51-47-43-39-35-20-18-16-14-12-10-8-6-4-2/h20,35,57,61,66-67,71-72H,3-19,21-34,36-56,58-60,62-65H2,1-2H3,(H,70,73)/b35-20-,61-57+. The molecule has 0 saturated heterocycles. The first kappa shape index (κ1) is 73.3. The summed E-state index contributed by atoms with van der Waals surface area (Å²) in [6, 6.07) is -0.626. The highest BCUT2D eigenvalue weighted by Crippen LogP contribution is 2.18. The lowest BCUT2D eigenvalue weighted by molar-refractivity contribution is -0.143. The first-order chi connectivity index (χ1) is 37.0. The van der Waals surface area contributed by atoms with Gasteiger partial charge in [0, 0.05) is 12.8 Å². The quantitative estimate of drug-likeness (QED) is 0.0320. The summed E-state index contributed by atoms with van der Waals surface area (Å²) in [5.41, 5.74) is 0. The molecule has 75 heavy (non-hydrogen) atoms. The van der Waals surface area contributed by atoms with Gasteiger partial charge in [0.2, 0.25) is 5.91 Å². The smallest absolute Gasteiger partial charge is 0.305 e. The Bertz CT molecular complexity index is 1170. The average molecular weight is 1060 g/mol. The Hall–Kier alpha value is -1.66. The van der Waals surface area contributed by atoms with E-state index in [1.54, 1.807) is 6.08 Å². The van der Waals surface area contributed by atoms with E-state index in [4.69, 9.17) is 4.74 Å². The van der Waals surface area contributed by atoms with Crippen LogP contribution in [0, 0.1) is 0 Å². The highest BCUT2D eigenvalue weighted by molar-refractivity contribution is 5.76. The SMILES string of the molecule is CCCCCCCCC/C=C\CCCCCCCC(=O)OCCCCCCCCCCCCCCCCCCCCCCCCCCCCC(=O)NC(CO)C(O)/C=C/CCCCCCCCCCCCCCCC. The van der Waals surface area contributed by atoms with Crippen molar-refractivity contribution in [3.8, 4) is 0 Å². The summed E-state index contributed by atoms with van der Waals surface area (Å²) < 4.78 is 5.49. The molecule has 0 aromatic heterocycles. The van der Waals surface area contributed by atoms with Crippen LogP contribution >= 0.6 is 0 Å². The number of hydrogen-bond acceptors (Lipinski definition) is 5. The molecule has 0 aromatic carbocycles. The molecule has 0 fully saturated rings. The Morgan fingerprint density at radius 2 is 0.627 bits per heavy atom. The minimum absolute atomic E-state index is 0.0101. The van der Waals surface area contributed by atoms with Crippen LogP contribution < -0.4 is 5.32 Å². The third-order valence-corrected chi connectivity index (χ3v) is 16.0. The largest absolute Gasteiger partial charge is 0.466 e. The number of aliphatic hydroxyl groups excluding tert-OH is 2. The molecular weight excluding hydrogens is 923 g/mol. The minimum Gasteiger partial charge on any atom is -0.466 e. The van der Waals surface area contributed by atoms with Crippen molar-refractivity contribution in [3.63, 3.8) is 0 Å². The Morgan fingerprint density at radius 1 is 0.360 bits per heavy atom. The minimum atomic E-state index is -0.843. The van der Waals surface area contributed by atoms with E-state index >= 15 is 0 Å². The molecule has 444 valence electrons. The summed E-state index contributed by atoms with van der Waals surface area (Å²) in [6.45, 7) is 4.93. The number of allylic oxidation sites excluding steroid dienone is 3. The zero-order valence-corrected chi connectivity index (χ0v) is 50.8. The second-order valence-electron chi connectivity index (χ2n) is 23.5. The lowest BCUT2D eigenvalue weighted by Crippen LogP contribution is -2.45. The molecule has 3 N–H and O–H groups in total. The van der Waals surface area contributed by atoms with E-state index in [0.29, 0.717) is 19.4 Å². The molecule has 1 amide bonds. The number of unbranched alkanes of at least 4 members (excludes halogenated alkanes) is 51. The molecule has 0 aliphatic heterocycles. The first-order valence-electron chi connectivity index (χ1n) is 34.1. The molecule has 2 unspecified atom stereocenters. The number of rotatable bonds is 64. The van der Waals surface area contributed by atoms with Gasteiger partial charge < -0.3 is 20.3 Å². The number of nitrogens with one attached hydrogen (secondary N) is 1. The van der Waals surface area contributed by atoms with Crippen LogP contribution in [0.2, 0.25) is 0 Å². The van der Waals surface area contributed by atoms with Gasteiger partial charge in [-0.05, 0) is 57.8 Å². The van der Waals surface area contributed by atoms with E-state index in [1.807, 2.05) is 6.08 Å². The third-order valence-electron chi connectivity index (χ3n) is 16.0. The Labute approximate surface area is 469 Å². The van der Waals surface area contributed by atoms with Crippen molar-refractivity contribution in [2.75, 3.05) is 13.2 Å². The van der Waals surface area contributed by atoms with Gasteiger partial charge in [0.05, 0.1) is 25.4 Å². The van der Waals surface area contributed by atoms with Crippen molar-refractivity contribution >= 4 is 11.9 Å². The number of hydrogen-bond donors (Lipinski definition) is 3. The van der Waals surface area contributed by atoms with Gasteiger partial charge in [0.1, 0.15) is 0 Å². The van der Waals surface area contributed by atoms with Crippen molar-refractivity contribution < 1.29 is 24.5 Å². The molecule has 6 nitrogen and oxygen atoms in total. The number of esters is 1. The summed E-state index contributed by atoms with van der Waals surface area (Å²) >= 11 is 0. The van der Waals surface area contributed by atoms with E-state index in [9.17, 15) is 19.8 Å². The summed E-state index contributed by atoms with van der Waals surface area (Å²) in [6.07, 6.45) is 81.0. The molecule has 0 bridgehead atoms. The van der Waals surface area contributed by atoms with Gasteiger partial charge in [0.15, 0.2) is 0 Å². The molecule has 0 saturated carbocycles. The first-order valence-corrected chi connectivity index (χ1v) is 34.1. The zero-order valence-electron chi connectivity index (χ0n) is 50.8. The van der Waals surface area contributed by atoms with E-state index in [0.717, 1.165) is 44.9 Å². The van der Waals surface area contributed by atoms with Crippen molar-refractivity contribution in [1.29, 1.82) is 0 Å². The highest BCUT2D eigenvalue weighted by atomic mass is 16.5. The van der Waals surface area contributed by atoms with Gasteiger partial charge in [-0.2, -0.15) is 0 Å². The Morgan fingerprint density at radius 3 is 0.947 bits per heavy atom. The van der Waals surface area contributed by atoms with Gasteiger partial charge in [-0.15, -0.1) is 0 Å². The van der Waals surface area contributed by atoms with Crippen LogP contribution in [0.3, 0.4) is 0 Å². The molecule has 0 aromatic rings. The van der Waals surface area contributed by atoms with Crippen LogP contribution in [0.5, 0.6) is 0 Å². The fourth-order valence-electron chi connectivity index (χ4n) is 10.7. The van der Waals surface area contributed by atoms with Gasteiger partial charge in [0.25, 0.3) is 0 Å². The molecule has 0 rings (SSSR count). The van der Waals surface area contributed by atoms with Crippen molar-refractivity contribution in [2.24, 2.45) is 0 Å². The molecular formula is C69H133NO5. The predicted molar refractivity (Wildman–Crippen MR) is 329 cm³/mol. The fraction of sp³-hybridized carbons (Fsp3) is 0.913. The average Bonchev–Trinajstić information content (AvgIpc) is 3.41. The van der Waals surface area contributed by atoms with Crippen LogP contribution in [0.25, 0.3) is 0 Å². The summed E-state index contributed by atoms with van der Waals surface area (Å²) in [4.78, 5) is 24.6. The number of carbonyl (C=O) groups excluding carboxylic acids is 2. The summed E-state index contributed by atoms with van der Waals surface area (Å²) in [7, 11) is 0. The molecule has 0 heterocycles. The van der Waals surface area contributed by atoms with E-state index in [-0.39, 0.29) is 18.5 Å². The van der Waals surface area contributed by atoms with Crippen molar-refractivity contribution in [2.45, 2.75) is 392 Å². The summed E-state index contributed by atoms with van der Waals surface area (Å²) in [5, 5.41) is 23.2. The van der Waals surface area contributed by atoms with E-state index in [2.05, 4.69) is 31.3 Å². The monoisotopic (exact) mass is 1060 g/mol. The van der Waals surface area contributed by atoms with Crippen LogP contribution in [-0.4, -0.2) is 47.4 Å². The predicted octanol–water partition coefficient (Wildman–Crippen LogP) is 21.8. The van der Waals surface area contributed by atoms with Crippen LogP contribution in [-0.2, 0) is 14.3 Å². The van der Waals surface area contributed by atoms with Gasteiger partial charge in [-0.1, -0.05) is 334 Å². The lowest BCUT2D eigenvalue weighted by atomic mass is 10.0. The molecule has 0 radical (unpaired) electrons. The molecule has 0 spiro atoms. The maximum absolute atomic E-state index is 12.5. The second kappa shape index (κ2) is 64.9. The maximum Gasteiger partial charge on any atom is 0.305 e. The number of aliphatic hydroxyl groups is 2. The summed E-state index contributed by atoms with van der Waals surface area (Å²) in [5.74, 6) is -0.0531. The van der Waals surface area contributed by atoms with Crippen molar-refractivity contribution in [3.05, 3.63) is 24.3 Å². The molecule has 0 aliphatic rings. The van der Waals surface area contributed by atoms with Crippen LogP contribution in [0.4, 0.5) is 0 Å². The topological polar surface area (TPSA) is 95.9 Å². The lowest BCUT2D eigenvalue weighted by Gasteiger charge is -2.20. The maximum atomic E-state index is 12.5. The second-order valence-corrected chi connectivity index (χ2v) is 23.5. The Kier molecular flexibility index (Phi) is 63.4. The van der Waals surface area contributed by atoms with E-state index in [1.165, 1.54) is 308 Å². The molecule has 6 heteroatoms. The van der Waals surface area contributed by atoms with Gasteiger partial charge >= 0.3 is 5.97 Å². The zero-order chi connectivity index (χ0) is 54.3. The third kappa shape index (κ3) is 61.4. The number of ether oxygens (including phenoxy) is 1.